The van der Waals surface area contributed by atoms with E-state index in [1.54, 1.807) is 24.3 Å². The minimum Gasteiger partial charge on any atom is -0.508 e. The standard InChI is InChI=1S/C10H6ClNO2S/c11-10-12-8(5-13)9(15-10)6-1-3-7(14)4-2-6/h1-5,14H. The molecule has 15 heavy (non-hydrogen) atoms. The van der Waals surface area contributed by atoms with Crippen LogP contribution in [-0.2, 0) is 0 Å². The number of carbonyl (C=O) groups excluding carboxylic acids is 1. The molecule has 2 aromatic rings. The average Bonchev–Trinajstić information content (AvgIpc) is 2.61. The average molecular weight is 240 g/mol. The molecule has 0 unspecified atom stereocenters. The highest BCUT2D eigenvalue weighted by molar-refractivity contribution is 7.19. The Labute approximate surface area is 95.0 Å². The van der Waals surface area contributed by atoms with E-state index in [9.17, 15) is 4.79 Å². The van der Waals surface area contributed by atoms with Crippen molar-refractivity contribution in [1.29, 1.82) is 0 Å². The molecular formula is C10H6ClNO2S. The molecule has 1 aromatic heterocycles. The first-order valence-electron chi connectivity index (χ1n) is 4.11. The van der Waals surface area contributed by atoms with E-state index in [2.05, 4.69) is 4.98 Å². The highest BCUT2D eigenvalue weighted by Crippen LogP contribution is 2.32. The monoisotopic (exact) mass is 239 g/mol. The van der Waals surface area contributed by atoms with Gasteiger partial charge in [0.25, 0.3) is 0 Å². The highest BCUT2D eigenvalue weighted by atomic mass is 35.5. The Morgan fingerprint density at radius 2 is 2.00 bits per heavy atom. The van der Waals surface area contributed by atoms with E-state index in [1.165, 1.54) is 11.3 Å². The summed E-state index contributed by atoms with van der Waals surface area (Å²) in [5.74, 6) is 0.182. The number of aromatic hydroxyl groups is 1. The summed E-state index contributed by atoms with van der Waals surface area (Å²) in [6, 6.07) is 6.54. The van der Waals surface area contributed by atoms with E-state index < -0.39 is 0 Å². The van der Waals surface area contributed by atoms with Crippen LogP contribution in [0.4, 0.5) is 0 Å². The zero-order chi connectivity index (χ0) is 10.8. The topological polar surface area (TPSA) is 50.2 Å². The van der Waals surface area contributed by atoms with E-state index in [0.29, 0.717) is 16.4 Å². The molecule has 1 heterocycles. The fourth-order valence-corrected chi connectivity index (χ4v) is 2.29. The van der Waals surface area contributed by atoms with Crippen molar-refractivity contribution < 1.29 is 9.90 Å². The van der Waals surface area contributed by atoms with Crippen molar-refractivity contribution in [2.24, 2.45) is 0 Å². The van der Waals surface area contributed by atoms with Gasteiger partial charge in [-0.2, -0.15) is 0 Å². The van der Waals surface area contributed by atoms with E-state index in [4.69, 9.17) is 16.7 Å². The number of aromatic nitrogens is 1. The third-order valence-corrected chi connectivity index (χ3v) is 3.09. The van der Waals surface area contributed by atoms with E-state index in [0.717, 1.165) is 10.4 Å². The maximum atomic E-state index is 10.7. The van der Waals surface area contributed by atoms with Gasteiger partial charge in [-0.15, -0.1) is 11.3 Å². The van der Waals surface area contributed by atoms with Gasteiger partial charge in [0.2, 0.25) is 0 Å². The summed E-state index contributed by atoms with van der Waals surface area (Å²) in [5, 5.41) is 9.13. The molecule has 0 aliphatic heterocycles. The van der Waals surface area contributed by atoms with Crippen molar-refractivity contribution >= 4 is 29.2 Å². The fourth-order valence-electron chi connectivity index (χ4n) is 1.20. The summed E-state index contributed by atoms with van der Waals surface area (Å²) in [6.45, 7) is 0. The number of hydrogen-bond acceptors (Lipinski definition) is 4. The van der Waals surface area contributed by atoms with Gasteiger partial charge in [0, 0.05) is 0 Å². The van der Waals surface area contributed by atoms with Gasteiger partial charge in [-0.1, -0.05) is 11.6 Å². The lowest BCUT2D eigenvalue weighted by Gasteiger charge is -1.97. The molecule has 1 N–H and O–H groups in total. The first-order valence-corrected chi connectivity index (χ1v) is 5.31. The Kier molecular flexibility index (Phi) is 2.70. The van der Waals surface area contributed by atoms with Gasteiger partial charge in [-0.3, -0.25) is 4.79 Å². The molecule has 0 fully saturated rings. The number of phenolic OH excluding ortho intramolecular Hbond substituents is 1. The first-order chi connectivity index (χ1) is 7.20. The van der Waals surface area contributed by atoms with Crippen molar-refractivity contribution in [3.8, 4) is 16.2 Å². The molecule has 0 saturated carbocycles. The van der Waals surface area contributed by atoms with Crippen LogP contribution in [-0.4, -0.2) is 16.4 Å². The van der Waals surface area contributed by atoms with Crippen molar-refractivity contribution in [2.75, 3.05) is 0 Å². The zero-order valence-corrected chi connectivity index (χ0v) is 9.05. The number of rotatable bonds is 2. The third kappa shape index (κ3) is 2.00. The second kappa shape index (κ2) is 4.00. The SMILES string of the molecule is O=Cc1nc(Cl)sc1-c1ccc(O)cc1. The van der Waals surface area contributed by atoms with Crippen molar-refractivity contribution in [1.82, 2.24) is 4.98 Å². The van der Waals surface area contributed by atoms with Crippen LogP contribution in [0.1, 0.15) is 10.5 Å². The summed E-state index contributed by atoms with van der Waals surface area (Å²) >= 11 is 6.96. The van der Waals surface area contributed by atoms with Gasteiger partial charge < -0.3 is 5.11 Å². The minimum absolute atomic E-state index is 0.182. The van der Waals surface area contributed by atoms with E-state index >= 15 is 0 Å². The molecule has 1 aromatic carbocycles. The Morgan fingerprint density at radius 3 is 2.60 bits per heavy atom. The minimum atomic E-state index is 0.182. The predicted octanol–water partition coefficient (Wildman–Crippen LogP) is 2.98. The lowest BCUT2D eigenvalue weighted by atomic mass is 10.1. The third-order valence-electron chi connectivity index (χ3n) is 1.87. The smallest absolute Gasteiger partial charge is 0.184 e. The quantitative estimate of drug-likeness (QED) is 0.820. The number of halogens is 1. The molecule has 3 nitrogen and oxygen atoms in total. The molecule has 0 saturated heterocycles. The molecule has 0 aliphatic rings. The normalized spacial score (nSPS) is 10.2. The Bertz CT molecular complexity index is 493. The maximum absolute atomic E-state index is 10.7. The molecule has 0 atom stereocenters. The zero-order valence-electron chi connectivity index (χ0n) is 7.48. The van der Waals surface area contributed by atoms with Gasteiger partial charge in [-0.05, 0) is 29.8 Å². The lowest BCUT2D eigenvalue weighted by Crippen LogP contribution is -1.82. The molecule has 2 rings (SSSR count). The second-order valence-corrected chi connectivity index (χ2v) is 4.43. The molecule has 0 amide bonds. The molecule has 0 spiro atoms. The molecule has 0 aliphatic carbocycles. The number of nitrogens with zero attached hydrogens (tertiary/aromatic N) is 1. The van der Waals surface area contributed by atoms with Gasteiger partial charge >= 0.3 is 0 Å². The van der Waals surface area contributed by atoms with Crippen LogP contribution in [0.15, 0.2) is 24.3 Å². The van der Waals surface area contributed by atoms with Gasteiger partial charge in [0.1, 0.15) is 11.4 Å². The van der Waals surface area contributed by atoms with Gasteiger partial charge in [-0.25, -0.2) is 4.98 Å². The van der Waals surface area contributed by atoms with Crippen LogP contribution >= 0.6 is 22.9 Å². The molecule has 76 valence electrons. The van der Waals surface area contributed by atoms with Crippen molar-refractivity contribution in [3.05, 3.63) is 34.4 Å². The lowest BCUT2D eigenvalue weighted by molar-refractivity contribution is 0.112. The number of phenols is 1. The number of benzene rings is 1. The summed E-state index contributed by atoms with van der Waals surface area (Å²) in [6.07, 6.45) is 0.671. The highest BCUT2D eigenvalue weighted by Gasteiger charge is 2.10. The van der Waals surface area contributed by atoms with E-state index in [1.807, 2.05) is 0 Å². The molecule has 0 bridgehead atoms. The first kappa shape index (κ1) is 10.1. The Morgan fingerprint density at radius 1 is 1.33 bits per heavy atom. The van der Waals surface area contributed by atoms with E-state index in [-0.39, 0.29) is 5.75 Å². The Balaban J connectivity index is 2.52. The summed E-state index contributed by atoms with van der Waals surface area (Å²) in [5.41, 5.74) is 1.15. The maximum Gasteiger partial charge on any atom is 0.184 e. The van der Waals surface area contributed by atoms with Gasteiger partial charge in [0.15, 0.2) is 10.8 Å². The van der Waals surface area contributed by atoms with Crippen LogP contribution < -0.4 is 0 Å². The van der Waals surface area contributed by atoms with Crippen molar-refractivity contribution in [3.63, 3.8) is 0 Å². The van der Waals surface area contributed by atoms with Crippen LogP contribution in [0.2, 0.25) is 4.47 Å². The van der Waals surface area contributed by atoms with Gasteiger partial charge in [0.05, 0.1) is 4.88 Å². The summed E-state index contributed by atoms with van der Waals surface area (Å²) in [4.78, 5) is 15.3. The molecule has 0 radical (unpaired) electrons. The largest absolute Gasteiger partial charge is 0.508 e. The molecule has 5 heteroatoms. The van der Waals surface area contributed by atoms with Crippen LogP contribution in [0.25, 0.3) is 10.4 Å². The number of thiazole rings is 1. The van der Waals surface area contributed by atoms with Crippen molar-refractivity contribution in [2.45, 2.75) is 0 Å². The Hall–Kier alpha value is -1.39. The van der Waals surface area contributed by atoms with Crippen LogP contribution in [0, 0.1) is 0 Å². The second-order valence-electron chi connectivity index (χ2n) is 2.85. The number of hydrogen-bond donors (Lipinski definition) is 1. The molecular weight excluding hydrogens is 234 g/mol. The number of carbonyl (C=O) groups is 1. The van der Waals surface area contributed by atoms with Crippen LogP contribution in [0.3, 0.4) is 0 Å². The predicted molar refractivity (Wildman–Crippen MR) is 59.6 cm³/mol. The number of aldehydes is 1. The van der Waals surface area contributed by atoms with Crippen LogP contribution in [0.5, 0.6) is 5.75 Å². The fraction of sp³-hybridized carbons (Fsp3) is 0. The summed E-state index contributed by atoms with van der Waals surface area (Å²) < 4.78 is 0.333. The summed E-state index contributed by atoms with van der Waals surface area (Å²) in [7, 11) is 0.